The summed E-state index contributed by atoms with van der Waals surface area (Å²) in [6.07, 6.45) is 3.13. The van der Waals surface area contributed by atoms with Crippen LogP contribution in [0.5, 0.6) is 0 Å². The van der Waals surface area contributed by atoms with Gasteiger partial charge in [0.25, 0.3) is 0 Å². The van der Waals surface area contributed by atoms with Gasteiger partial charge in [0.2, 0.25) is 0 Å². The van der Waals surface area contributed by atoms with Crippen LogP contribution in [0.4, 0.5) is 16.3 Å². The van der Waals surface area contributed by atoms with E-state index in [0.717, 1.165) is 80.7 Å². The number of benzene rings is 1. The molecular formula is C26H36N6O3. The maximum Gasteiger partial charge on any atom is 0.319 e. The van der Waals surface area contributed by atoms with Crippen LogP contribution in [-0.4, -0.2) is 79.0 Å². The molecule has 5 rings (SSSR count). The van der Waals surface area contributed by atoms with Crippen LogP contribution in [-0.2, 0) is 22.4 Å². The van der Waals surface area contributed by atoms with E-state index in [1.54, 1.807) is 0 Å². The summed E-state index contributed by atoms with van der Waals surface area (Å²) in [7, 11) is 0. The van der Waals surface area contributed by atoms with Crippen LogP contribution in [0.2, 0.25) is 0 Å². The molecule has 2 amide bonds. The second kappa shape index (κ2) is 10.9. The van der Waals surface area contributed by atoms with Crippen molar-refractivity contribution in [1.82, 2.24) is 20.2 Å². The van der Waals surface area contributed by atoms with Gasteiger partial charge in [-0.15, -0.1) is 0 Å². The Kier molecular flexibility index (Phi) is 7.46. The van der Waals surface area contributed by atoms with Crippen LogP contribution >= 0.6 is 0 Å². The van der Waals surface area contributed by atoms with Crippen molar-refractivity contribution < 1.29 is 14.3 Å². The third-order valence-electron chi connectivity index (χ3n) is 7.16. The lowest BCUT2D eigenvalue weighted by Crippen LogP contribution is -2.46. The summed E-state index contributed by atoms with van der Waals surface area (Å²) in [4.78, 5) is 27.0. The molecule has 0 radical (unpaired) electrons. The molecule has 0 aliphatic carbocycles. The highest BCUT2D eigenvalue weighted by Gasteiger charge is 2.31. The zero-order chi connectivity index (χ0) is 24.2. The maximum absolute atomic E-state index is 11.9. The average molecular weight is 481 g/mol. The fourth-order valence-corrected chi connectivity index (χ4v) is 5.24. The van der Waals surface area contributed by atoms with Crippen molar-refractivity contribution in [3.05, 3.63) is 35.5 Å². The van der Waals surface area contributed by atoms with Crippen LogP contribution in [0.25, 0.3) is 11.4 Å². The Morgan fingerprint density at radius 3 is 2.63 bits per heavy atom. The summed E-state index contributed by atoms with van der Waals surface area (Å²) in [5.41, 5.74) is 4.09. The van der Waals surface area contributed by atoms with Gasteiger partial charge in [0.15, 0.2) is 5.82 Å². The van der Waals surface area contributed by atoms with E-state index in [-0.39, 0.29) is 12.1 Å². The molecule has 3 aliphatic heterocycles. The number of hydrogen-bond acceptors (Lipinski definition) is 7. The van der Waals surface area contributed by atoms with Gasteiger partial charge in [0.05, 0.1) is 24.9 Å². The van der Waals surface area contributed by atoms with E-state index in [0.29, 0.717) is 25.8 Å². The Bertz CT molecular complexity index is 1020. The number of nitrogens with one attached hydrogen (secondary N) is 2. The number of carbonyl (C=O) groups is 1. The number of carbonyl (C=O) groups excluding carboxylic acids is 1. The standard InChI is InChI=1S/C26H36N6O3/c1-3-27-26(33)28-20-6-4-19(5-7-20)24-29-23-16-31(21-9-13-34-14-10-21)11-8-22(23)25(30-24)32-12-15-35-17-18(32)2/h4-7,18,21H,3,8-17H2,1-2H3,(H2,27,28,33). The van der Waals surface area contributed by atoms with Crippen LogP contribution < -0.4 is 15.5 Å². The normalized spacial score (nSPS) is 21.4. The molecule has 3 aliphatic rings. The van der Waals surface area contributed by atoms with Gasteiger partial charge in [-0.1, -0.05) is 0 Å². The molecule has 1 aromatic heterocycles. The lowest BCUT2D eigenvalue weighted by Gasteiger charge is -2.40. The van der Waals surface area contributed by atoms with Gasteiger partial charge in [-0.05, 0) is 57.4 Å². The van der Waals surface area contributed by atoms with E-state index in [9.17, 15) is 4.79 Å². The van der Waals surface area contributed by atoms with Crippen LogP contribution in [0.15, 0.2) is 24.3 Å². The number of morpholine rings is 1. The minimum absolute atomic E-state index is 0.206. The van der Waals surface area contributed by atoms with Gasteiger partial charge in [-0.3, -0.25) is 4.90 Å². The molecular weight excluding hydrogens is 444 g/mol. The molecule has 4 heterocycles. The molecule has 1 atom stereocenters. The first-order chi connectivity index (χ1) is 17.1. The monoisotopic (exact) mass is 480 g/mol. The molecule has 0 spiro atoms. The molecule has 1 unspecified atom stereocenters. The van der Waals surface area contributed by atoms with Crippen LogP contribution in [0, 0.1) is 0 Å². The number of hydrogen-bond donors (Lipinski definition) is 2. The number of anilines is 2. The van der Waals surface area contributed by atoms with E-state index in [1.807, 2.05) is 31.2 Å². The molecule has 1 aromatic carbocycles. The number of nitrogens with zero attached hydrogens (tertiary/aromatic N) is 4. The highest BCUT2D eigenvalue weighted by molar-refractivity contribution is 5.89. The Morgan fingerprint density at radius 2 is 1.89 bits per heavy atom. The first kappa shape index (κ1) is 24.0. The number of rotatable bonds is 5. The summed E-state index contributed by atoms with van der Waals surface area (Å²) in [5, 5.41) is 5.60. The number of urea groups is 1. The Hall–Kier alpha value is -2.75. The highest BCUT2D eigenvalue weighted by Crippen LogP contribution is 2.33. The molecule has 0 saturated carbocycles. The van der Waals surface area contributed by atoms with Crippen molar-refractivity contribution in [1.29, 1.82) is 0 Å². The third kappa shape index (κ3) is 5.42. The van der Waals surface area contributed by atoms with E-state index in [1.165, 1.54) is 5.56 Å². The summed E-state index contributed by atoms with van der Waals surface area (Å²) in [5.74, 6) is 1.78. The molecule has 2 aromatic rings. The quantitative estimate of drug-likeness (QED) is 0.680. The SMILES string of the molecule is CCNC(=O)Nc1ccc(-c2nc3c(c(N4CCOCC4C)n2)CCN(C2CCOCC2)C3)cc1. The number of ether oxygens (including phenoxy) is 2. The summed E-state index contributed by atoms with van der Waals surface area (Å²) >= 11 is 0. The average Bonchev–Trinajstić information content (AvgIpc) is 2.89. The Balaban J connectivity index is 1.46. The fraction of sp³-hybridized carbons (Fsp3) is 0.577. The minimum Gasteiger partial charge on any atom is -0.381 e. The van der Waals surface area contributed by atoms with E-state index < -0.39 is 0 Å². The second-order valence-electron chi connectivity index (χ2n) is 9.54. The zero-order valence-corrected chi connectivity index (χ0v) is 20.8. The number of aromatic nitrogens is 2. The molecule has 2 fully saturated rings. The van der Waals surface area contributed by atoms with Crippen molar-refractivity contribution in [2.45, 2.75) is 51.7 Å². The van der Waals surface area contributed by atoms with Gasteiger partial charge >= 0.3 is 6.03 Å². The van der Waals surface area contributed by atoms with Gasteiger partial charge in [0, 0.05) is 62.2 Å². The topological polar surface area (TPSA) is 91.9 Å². The van der Waals surface area contributed by atoms with Crippen molar-refractivity contribution in [2.24, 2.45) is 0 Å². The minimum atomic E-state index is -0.206. The Labute approximate surface area is 207 Å². The van der Waals surface area contributed by atoms with Crippen LogP contribution in [0.3, 0.4) is 0 Å². The lowest BCUT2D eigenvalue weighted by molar-refractivity contribution is 0.0284. The van der Waals surface area contributed by atoms with Crippen molar-refractivity contribution >= 4 is 17.5 Å². The second-order valence-corrected chi connectivity index (χ2v) is 9.54. The third-order valence-corrected chi connectivity index (χ3v) is 7.16. The predicted octanol–water partition coefficient (Wildman–Crippen LogP) is 3.05. The molecule has 9 heteroatoms. The zero-order valence-electron chi connectivity index (χ0n) is 20.8. The highest BCUT2D eigenvalue weighted by atomic mass is 16.5. The van der Waals surface area contributed by atoms with Gasteiger partial charge in [0.1, 0.15) is 5.82 Å². The molecule has 9 nitrogen and oxygen atoms in total. The first-order valence-corrected chi connectivity index (χ1v) is 12.8. The first-order valence-electron chi connectivity index (χ1n) is 12.8. The van der Waals surface area contributed by atoms with E-state index >= 15 is 0 Å². The Morgan fingerprint density at radius 1 is 1.09 bits per heavy atom. The van der Waals surface area contributed by atoms with E-state index in [2.05, 4.69) is 27.4 Å². The number of amides is 2. The summed E-state index contributed by atoms with van der Waals surface area (Å²) in [6.45, 7) is 10.5. The largest absolute Gasteiger partial charge is 0.381 e. The van der Waals surface area contributed by atoms with Crippen molar-refractivity contribution in [3.63, 3.8) is 0 Å². The van der Waals surface area contributed by atoms with Crippen LogP contribution in [0.1, 0.15) is 37.9 Å². The molecule has 0 bridgehead atoms. The maximum atomic E-state index is 11.9. The molecule has 188 valence electrons. The predicted molar refractivity (Wildman–Crippen MR) is 136 cm³/mol. The lowest BCUT2D eigenvalue weighted by atomic mass is 9.99. The van der Waals surface area contributed by atoms with Crippen molar-refractivity contribution in [2.75, 3.05) is 56.3 Å². The van der Waals surface area contributed by atoms with Gasteiger partial charge < -0.3 is 25.0 Å². The molecule has 2 N–H and O–H groups in total. The smallest absolute Gasteiger partial charge is 0.319 e. The van der Waals surface area contributed by atoms with Crippen molar-refractivity contribution in [3.8, 4) is 11.4 Å². The van der Waals surface area contributed by atoms with E-state index in [4.69, 9.17) is 19.4 Å². The van der Waals surface area contributed by atoms with Gasteiger partial charge in [-0.25, -0.2) is 14.8 Å². The fourth-order valence-electron chi connectivity index (χ4n) is 5.24. The molecule has 35 heavy (non-hydrogen) atoms. The van der Waals surface area contributed by atoms with Gasteiger partial charge in [-0.2, -0.15) is 0 Å². The summed E-state index contributed by atoms with van der Waals surface area (Å²) in [6, 6.07) is 8.39. The molecule has 2 saturated heterocycles. The summed E-state index contributed by atoms with van der Waals surface area (Å²) < 4.78 is 11.3. The number of fused-ring (bicyclic) bond motifs is 1.